The average Bonchev–Trinajstić information content (AvgIpc) is 3.61. The molecule has 0 heterocycles. The van der Waals surface area contributed by atoms with E-state index in [1.807, 2.05) is 0 Å². The van der Waals surface area contributed by atoms with Crippen molar-refractivity contribution in [3.8, 4) is 0 Å². The van der Waals surface area contributed by atoms with Gasteiger partial charge in [-0.2, -0.15) is 0 Å². The Morgan fingerprint density at radius 3 is 1.62 bits per heavy atom. The molecule has 0 saturated heterocycles. The molecule has 0 nitrogen and oxygen atoms in total. The molecule has 5 aliphatic rings. The molecule has 5 atom stereocenters. The van der Waals surface area contributed by atoms with Crippen LogP contribution in [-0.4, -0.2) is 0 Å². The number of hydrogen-bond acceptors (Lipinski definition) is 0. The largest absolute Gasteiger partial charge is 0.0805 e. The molecule has 2 aromatic carbocycles. The Hall–Kier alpha value is -2.60. The summed E-state index contributed by atoms with van der Waals surface area (Å²) in [4.78, 5) is 0. The third kappa shape index (κ3) is 3.77. The van der Waals surface area contributed by atoms with Gasteiger partial charge in [0.2, 0.25) is 0 Å². The fraction of sp³-hybridized carbons (Fsp3) is 0.487. The molecule has 7 rings (SSSR count). The van der Waals surface area contributed by atoms with E-state index in [4.69, 9.17) is 0 Å². The highest BCUT2D eigenvalue weighted by Gasteiger charge is 2.61. The zero-order valence-corrected chi connectivity index (χ0v) is 24.4. The summed E-state index contributed by atoms with van der Waals surface area (Å²) in [6.45, 7) is 10.0. The summed E-state index contributed by atoms with van der Waals surface area (Å²) in [5.74, 6) is 3.44. The molecule has 0 heteroatoms. The summed E-state index contributed by atoms with van der Waals surface area (Å²) >= 11 is 0. The second-order valence-electron chi connectivity index (χ2n) is 14.6. The summed E-state index contributed by atoms with van der Waals surface area (Å²) in [7, 11) is 0. The van der Waals surface area contributed by atoms with E-state index in [-0.39, 0.29) is 16.2 Å². The van der Waals surface area contributed by atoms with Crippen molar-refractivity contribution in [2.45, 2.75) is 71.6 Å². The van der Waals surface area contributed by atoms with E-state index in [0.717, 1.165) is 0 Å². The second kappa shape index (κ2) is 9.22. The highest BCUT2D eigenvalue weighted by atomic mass is 14.6. The fourth-order valence-electron chi connectivity index (χ4n) is 9.93. The normalized spacial score (nSPS) is 32.7. The molecule has 3 saturated carbocycles. The Labute approximate surface area is 237 Å². The first kappa shape index (κ1) is 25.4. The van der Waals surface area contributed by atoms with Gasteiger partial charge in [0.25, 0.3) is 0 Å². The van der Waals surface area contributed by atoms with Gasteiger partial charge in [-0.15, -0.1) is 0 Å². The minimum atomic E-state index is 0.00754. The predicted molar refractivity (Wildman–Crippen MR) is 164 cm³/mol. The lowest BCUT2D eigenvalue weighted by Crippen LogP contribution is -2.47. The monoisotopic (exact) mass is 514 g/mol. The number of hydrogen-bond donors (Lipinski definition) is 0. The Bertz CT molecular complexity index is 1290. The molecule has 0 aliphatic heterocycles. The van der Waals surface area contributed by atoms with Crippen LogP contribution in [0.5, 0.6) is 0 Å². The lowest BCUT2D eigenvalue weighted by atomic mass is 9.52. The van der Waals surface area contributed by atoms with Crippen LogP contribution in [0.15, 0.2) is 108 Å². The number of allylic oxidation sites excluding steroid dienone is 8. The second-order valence-corrected chi connectivity index (χ2v) is 14.6. The van der Waals surface area contributed by atoms with Crippen molar-refractivity contribution in [3.63, 3.8) is 0 Å². The molecule has 0 amide bonds. The molecule has 0 N–H and O–H groups in total. The van der Waals surface area contributed by atoms with E-state index in [1.165, 1.54) is 38.5 Å². The van der Waals surface area contributed by atoms with Gasteiger partial charge in [0, 0.05) is 5.41 Å². The standard InChI is InChI=1S/C39H46/c1-37(2)23-24-38(3,4)35-26-33-32(25-34(35)37)30-21-13-14-22-31(30)36(33)39(29-19-11-12-20-29,27-15-7-5-8-16-27)28-17-9-6-10-18-28/h5-10,13-18,21-22,25-26,29-33,36H,11-12,19-20,23-24H2,1-4H3/t30-,31?,32-,33?,36?/m0/s1. The van der Waals surface area contributed by atoms with Gasteiger partial charge < -0.3 is 0 Å². The van der Waals surface area contributed by atoms with Crippen molar-refractivity contribution in [3.05, 3.63) is 119 Å². The molecule has 0 spiro atoms. The van der Waals surface area contributed by atoms with Gasteiger partial charge >= 0.3 is 0 Å². The van der Waals surface area contributed by atoms with E-state index in [9.17, 15) is 0 Å². The lowest BCUT2D eigenvalue weighted by molar-refractivity contribution is 0.155. The summed E-state index contributed by atoms with van der Waals surface area (Å²) in [5, 5.41) is 0. The van der Waals surface area contributed by atoms with E-state index < -0.39 is 0 Å². The van der Waals surface area contributed by atoms with E-state index in [0.29, 0.717) is 35.5 Å². The maximum atomic E-state index is 2.85. The molecule has 3 fully saturated rings. The maximum absolute atomic E-state index is 2.85. The number of fused-ring (bicyclic) bond motifs is 4. The van der Waals surface area contributed by atoms with Gasteiger partial charge in [-0.1, -0.05) is 138 Å². The molecule has 2 aromatic rings. The zero-order chi connectivity index (χ0) is 26.8. The zero-order valence-electron chi connectivity index (χ0n) is 24.4. The topological polar surface area (TPSA) is 0 Å². The lowest BCUT2D eigenvalue weighted by Gasteiger charge is -2.51. The molecular weight excluding hydrogens is 468 g/mol. The van der Waals surface area contributed by atoms with Gasteiger partial charge in [-0.05, 0) is 94.3 Å². The summed E-state index contributed by atoms with van der Waals surface area (Å²) < 4.78 is 0. The summed E-state index contributed by atoms with van der Waals surface area (Å²) in [6.07, 6.45) is 23.5. The minimum absolute atomic E-state index is 0.00754. The van der Waals surface area contributed by atoms with Gasteiger partial charge in [0.1, 0.15) is 0 Å². The molecule has 0 bridgehead atoms. The smallest absolute Gasteiger partial charge is 0.0270 e. The van der Waals surface area contributed by atoms with E-state index >= 15 is 0 Å². The first-order chi connectivity index (χ1) is 18.8. The SMILES string of the molecule is CC1(C)CCC(C)(C)C2=C[C@@H]3C(C=C21)C(C(c1ccccc1)(c1ccccc1)C1CCCC1)C1C=CC=C[C@@H]13. The van der Waals surface area contributed by atoms with Crippen LogP contribution < -0.4 is 0 Å². The van der Waals surface area contributed by atoms with Gasteiger partial charge in [-0.25, -0.2) is 0 Å². The van der Waals surface area contributed by atoms with Crippen LogP contribution >= 0.6 is 0 Å². The Morgan fingerprint density at radius 1 is 0.590 bits per heavy atom. The molecule has 5 aliphatic carbocycles. The number of benzene rings is 2. The molecule has 3 unspecified atom stereocenters. The molecule has 0 aromatic heterocycles. The van der Waals surface area contributed by atoms with Crippen molar-refractivity contribution in [1.29, 1.82) is 0 Å². The first-order valence-corrected chi connectivity index (χ1v) is 15.7. The van der Waals surface area contributed by atoms with E-state index in [1.54, 1.807) is 22.3 Å². The van der Waals surface area contributed by atoms with Crippen molar-refractivity contribution in [2.24, 2.45) is 46.3 Å². The van der Waals surface area contributed by atoms with Crippen LogP contribution in [0.4, 0.5) is 0 Å². The molecule has 39 heavy (non-hydrogen) atoms. The fourth-order valence-corrected chi connectivity index (χ4v) is 9.93. The Morgan fingerprint density at radius 2 is 1.08 bits per heavy atom. The summed E-state index contributed by atoms with van der Waals surface area (Å²) in [6, 6.07) is 23.5. The molecular formula is C39H46. The van der Waals surface area contributed by atoms with Crippen molar-refractivity contribution >= 4 is 0 Å². The van der Waals surface area contributed by atoms with Crippen LogP contribution in [0.2, 0.25) is 0 Å². The van der Waals surface area contributed by atoms with Crippen LogP contribution in [0, 0.1) is 46.3 Å². The average molecular weight is 515 g/mol. The van der Waals surface area contributed by atoms with Gasteiger partial charge in [0.15, 0.2) is 0 Å². The minimum Gasteiger partial charge on any atom is -0.0805 e. The Kier molecular flexibility index (Phi) is 6.00. The first-order valence-electron chi connectivity index (χ1n) is 15.7. The molecule has 202 valence electrons. The van der Waals surface area contributed by atoms with Crippen LogP contribution in [0.25, 0.3) is 0 Å². The van der Waals surface area contributed by atoms with Crippen LogP contribution in [0.1, 0.15) is 77.3 Å². The number of rotatable bonds is 4. The van der Waals surface area contributed by atoms with Crippen molar-refractivity contribution in [2.75, 3.05) is 0 Å². The van der Waals surface area contributed by atoms with Crippen molar-refractivity contribution < 1.29 is 0 Å². The highest BCUT2D eigenvalue weighted by molar-refractivity contribution is 5.51. The maximum Gasteiger partial charge on any atom is 0.0270 e. The Balaban J connectivity index is 1.51. The quantitative estimate of drug-likeness (QED) is 0.381. The van der Waals surface area contributed by atoms with Crippen molar-refractivity contribution in [1.82, 2.24) is 0 Å². The van der Waals surface area contributed by atoms with Gasteiger partial charge in [0.05, 0.1) is 0 Å². The van der Waals surface area contributed by atoms with Gasteiger partial charge in [-0.3, -0.25) is 0 Å². The van der Waals surface area contributed by atoms with E-state index in [2.05, 4.69) is 125 Å². The summed E-state index contributed by atoms with van der Waals surface area (Å²) in [5.41, 5.74) is 6.93. The molecule has 0 radical (unpaired) electrons. The van der Waals surface area contributed by atoms with Crippen LogP contribution in [-0.2, 0) is 5.41 Å². The third-order valence-electron chi connectivity index (χ3n) is 11.8. The third-order valence-corrected chi connectivity index (χ3v) is 11.8. The highest BCUT2D eigenvalue weighted by Crippen LogP contribution is 2.66. The predicted octanol–water partition coefficient (Wildman–Crippen LogP) is 10.1. The van der Waals surface area contributed by atoms with Crippen LogP contribution in [0.3, 0.4) is 0 Å².